The van der Waals surface area contributed by atoms with E-state index >= 15 is 0 Å². The quantitative estimate of drug-likeness (QED) is 0.310. The number of carbonyl (C=O) groups is 1. The van der Waals surface area contributed by atoms with E-state index in [2.05, 4.69) is 0 Å². The molecule has 0 aromatic heterocycles. The van der Waals surface area contributed by atoms with Crippen molar-refractivity contribution in [3.63, 3.8) is 0 Å². The maximum Gasteiger partial charge on any atom is 0.303 e. The molecule has 3 aromatic rings. The number of aliphatic carboxylic acids is 1. The number of anilines is 1. The van der Waals surface area contributed by atoms with Gasteiger partial charge in [0, 0.05) is 16.5 Å². The molecule has 5 nitrogen and oxygen atoms in total. The van der Waals surface area contributed by atoms with Gasteiger partial charge in [0.1, 0.15) is 5.82 Å². The van der Waals surface area contributed by atoms with E-state index in [-0.39, 0.29) is 39.9 Å². The van der Waals surface area contributed by atoms with Crippen LogP contribution in [0.4, 0.5) is 10.1 Å². The average Bonchev–Trinajstić information content (AvgIpc) is 2.76. The highest BCUT2D eigenvalue weighted by molar-refractivity contribution is 7.92. The second-order valence-electron chi connectivity index (χ2n) is 7.62. The Morgan fingerprint density at radius 3 is 2.29 bits per heavy atom. The highest BCUT2D eigenvalue weighted by atomic mass is 35.5. The average molecular weight is 545 g/mol. The topological polar surface area (TPSA) is 74.7 Å². The molecule has 1 atom stereocenters. The van der Waals surface area contributed by atoms with Crippen molar-refractivity contribution in [2.45, 2.75) is 37.1 Å². The molecule has 3 rings (SSSR count). The van der Waals surface area contributed by atoms with Crippen LogP contribution in [0, 0.1) is 5.82 Å². The van der Waals surface area contributed by atoms with Gasteiger partial charge in [0.05, 0.1) is 21.6 Å². The molecule has 0 radical (unpaired) electrons. The zero-order chi connectivity index (χ0) is 25.0. The lowest BCUT2D eigenvalue weighted by atomic mass is 9.96. The van der Waals surface area contributed by atoms with E-state index in [1.54, 1.807) is 13.0 Å². The Bertz CT molecular complexity index is 1300. The Labute approximate surface area is 212 Å². The first-order chi connectivity index (χ1) is 16.0. The number of hydrogen-bond acceptors (Lipinski definition) is 3. The van der Waals surface area contributed by atoms with Crippen LogP contribution in [0.15, 0.2) is 65.6 Å². The second-order valence-corrected chi connectivity index (χ2v) is 10.7. The summed E-state index contributed by atoms with van der Waals surface area (Å²) in [6, 6.07) is 13.4. The number of aryl methyl sites for hydroxylation is 1. The number of carboxylic acids is 1. The number of halogens is 4. The van der Waals surface area contributed by atoms with Crippen molar-refractivity contribution in [2.75, 3.05) is 4.31 Å². The molecule has 0 fully saturated rings. The van der Waals surface area contributed by atoms with Gasteiger partial charge in [-0.15, -0.1) is 0 Å². The fourth-order valence-corrected chi connectivity index (χ4v) is 5.87. The van der Waals surface area contributed by atoms with Crippen LogP contribution in [0.1, 0.15) is 36.9 Å². The Balaban J connectivity index is 2.17. The molecular formula is C24H21Cl3FNO4S. The summed E-state index contributed by atoms with van der Waals surface area (Å²) in [4.78, 5) is 10.9. The standard InChI is InChI=1S/C24H21Cl3FNO4S/c1-15(21-11-8-19(28)13-16(21)3-2-4-24(30)31)29(23-14-18(26)7-12-22(23)27)34(32,33)20-9-5-17(25)6-10-20/h5-15H,2-4H2,1H3,(H,30,31)/t15-/m1/s1. The van der Waals surface area contributed by atoms with E-state index in [0.717, 1.165) is 4.31 Å². The minimum atomic E-state index is -4.17. The molecule has 0 aliphatic heterocycles. The van der Waals surface area contributed by atoms with Gasteiger partial charge in [-0.2, -0.15) is 0 Å². The van der Waals surface area contributed by atoms with Crippen molar-refractivity contribution >= 4 is 56.5 Å². The Hall–Kier alpha value is -2.32. The molecule has 0 aliphatic rings. The maximum atomic E-state index is 14.1. The molecule has 0 bridgehead atoms. The molecule has 0 spiro atoms. The smallest absolute Gasteiger partial charge is 0.303 e. The number of nitrogens with zero attached hydrogens (tertiary/aromatic N) is 1. The minimum absolute atomic E-state index is 0.0191. The molecule has 180 valence electrons. The zero-order valence-corrected chi connectivity index (χ0v) is 21.1. The molecule has 3 aromatic carbocycles. The van der Waals surface area contributed by atoms with Gasteiger partial charge in [-0.1, -0.05) is 40.9 Å². The highest BCUT2D eigenvalue weighted by Gasteiger charge is 2.33. The van der Waals surface area contributed by atoms with Gasteiger partial charge in [-0.05, 0) is 85.5 Å². The highest BCUT2D eigenvalue weighted by Crippen LogP contribution is 2.40. The van der Waals surface area contributed by atoms with Gasteiger partial charge in [-0.25, -0.2) is 12.8 Å². The molecule has 0 saturated heterocycles. The Kier molecular flexibility index (Phi) is 8.47. The van der Waals surface area contributed by atoms with E-state index in [0.29, 0.717) is 16.1 Å². The summed E-state index contributed by atoms with van der Waals surface area (Å²) in [5.74, 6) is -1.47. The largest absolute Gasteiger partial charge is 0.481 e. The molecule has 0 unspecified atom stereocenters. The van der Waals surface area contributed by atoms with Crippen LogP contribution in [-0.2, 0) is 21.2 Å². The van der Waals surface area contributed by atoms with E-state index in [4.69, 9.17) is 39.9 Å². The third-order valence-electron chi connectivity index (χ3n) is 5.26. The number of hydrogen-bond donors (Lipinski definition) is 1. The van der Waals surface area contributed by atoms with Crippen molar-refractivity contribution < 1.29 is 22.7 Å². The van der Waals surface area contributed by atoms with Gasteiger partial charge in [0.2, 0.25) is 0 Å². The number of carboxylic acid groups (broad SMARTS) is 1. The van der Waals surface area contributed by atoms with Crippen molar-refractivity contribution in [2.24, 2.45) is 0 Å². The first kappa shape index (κ1) is 26.3. The van der Waals surface area contributed by atoms with Gasteiger partial charge in [0.25, 0.3) is 10.0 Å². The SMILES string of the molecule is C[C@H](c1ccc(F)cc1CCCC(=O)O)N(c1cc(Cl)ccc1Cl)S(=O)(=O)c1ccc(Cl)cc1. The summed E-state index contributed by atoms with van der Waals surface area (Å²) >= 11 is 18.5. The molecule has 1 N–H and O–H groups in total. The van der Waals surface area contributed by atoms with E-state index < -0.39 is 27.9 Å². The van der Waals surface area contributed by atoms with Crippen LogP contribution in [0.5, 0.6) is 0 Å². The van der Waals surface area contributed by atoms with Crippen LogP contribution in [0.2, 0.25) is 15.1 Å². The van der Waals surface area contributed by atoms with E-state index in [1.165, 1.54) is 54.6 Å². The van der Waals surface area contributed by atoms with Crippen molar-refractivity contribution in [3.8, 4) is 0 Å². The second kappa shape index (κ2) is 11.0. The van der Waals surface area contributed by atoms with Gasteiger partial charge in [-0.3, -0.25) is 9.10 Å². The fraction of sp³-hybridized carbons (Fsp3) is 0.208. The lowest BCUT2D eigenvalue weighted by molar-refractivity contribution is -0.137. The van der Waals surface area contributed by atoms with Crippen LogP contribution in [0.3, 0.4) is 0 Å². The number of sulfonamides is 1. The minimum Gasteiger partial charge on any atom is -0.481 e. The van der Waals surface area contributed by atoms with Crippen LogP contribution < -0.4 is 4.31 Å². The molecule has 0 saturated carbocycles. The van der Waals surface area contributed by atoms with Crippen molar-refractivity contribution in [1.29, 1.82) is 0 Å². The molecule has 0 amide bonds. The normalized spacial score (nSPS) is 12.4. The fourth-order valence-electron chi connectivity index (χ4n) is 3.68. The van der Waals surface area contributed by atoms with Crippen molar-refractivity contribution in [3.05, 3.63) is 92.7 Å². The van der Waals surface area contributed by atoms with E-state index in [9.17, 15) is 17.6 Å². The van der Waals surface area contributed by atoms with Crippen LogP contribution >= 0.6 is 34.8 Å². The number of benzene rings is 3. The lowest BCUT2D eigenvalue weighted by Crippen LogP contribution is -2.34. The predicted octanol–water partition coefficient (Wildman–Crippen LogP) is 7.15. The summed E-state index contributed by atoms with van der Waals surface area (Å²) in [5.41, 5.74) is 1.17. The van der Waals surface area contributed by atoms with Gasteiger partial charge >= 0.3 is 5.97 Å². The molecule has 0 aliphatic carbocycles. The monoisotopic (exact) mass is 543 g/mol. The summed E-state index contributed by atoms with van der Waals surface area (Å²) in [5, 5.41) is 9.78. The molecule has 10 heteroatoms. The molecular weight excluding hydrogens is 524 g/mol. The lowest BCUT2D eigenvalue weighted by Gasteiger charge is -2.33. The molecule has 34 heavy (non-hydrogen) atoms. The predicted molar refractivity (Wildman–Crippen MR) is 133 cm³/mol. The zero-order valence-electron chi connectivity index (χ0n) is 18.0. The first-order valence-electron chi connectivity index (χ1n) is 10.3. The van der Waals surface area contributed by atoms with Gasteiger partial charge in [0.15, 0.2) is 0 Å². The van der Waals surface area contributed by atoms with Gasteiger partial charge < -0.3 is 5.11 Å². The van der Waals surface area contributed by atoms with E-state index in [1.807, 2.05) is 0 Å². The Morgan fingerprint density at radius 2 is 1.65 bits per heavy atom. The van der Waals surface area contributed by atoms with Crippen LogP contribution in [0.25, 0.3) is 0 Å². The van der Waals surface area contributed by atoms with Crippen molar-refractivity contribution in [1.82, 2.24) is 0 Å². The summed E-state index contributed by atoms with van der Waals surface area (Å²) in [6.07, 6.45) is 0.416. The van der Waals surface area contributed by atoms with Crippen LogP contribution in [-0.4, -0.2) is 19.5 Å². The molecule has 0 heterocycles. The Morgan fingerprint density at radius 1 is 1.00 bits per heavy atom. The summed E-state index contributed by atoms with van der Waals surface area (Å²) < 4.78 is 42.9. The summed E-state index contributed by atoms with van der Waals surface area (Å²) in [7, 11) is -4.17. The summed E-state index contributed by atoms with van der Waals surface area (Å²) in [6.45, 7) is 1.65. The maximum absolute atomic E-state index is 14.1. The number of rotatable bonds is 9. The third-order valence-corrected chi connectivity index (χ3v) is 7.97. The first-order valence-corrected chi connectivity index (χ1v) is 12.8. The third kappa shape index (κ3) is 6.02.